The van der Waals surface area contributed by atoms with Gasteiger partial charge in [-0.05, 0) is 0 Å². The Morgan fingerprint density at radius 1 is 0.964 bits per heavy atom. The molecule has 0 aliphatic heterocycles. The first kappa shape index (κ1) is 18.1. The van der Waals surface area contributed by atoms with Gasteiger partial charge in [0.15, 0.2) is 0 Å². The van der Waals surface area contributed by atoms with E-state index in [9.17, 15) is 0 Å². The van der Waals surface area contributed by atoms with Crippen LogP contribution in [0.15, 0.2) is 54.7 Å². The predicted octanol–water partition coefficient (Wildman–Crippen LogP) is 7.22. The van der Waals surface area contributed by atoms with E-state index < -0.39 is 0 Å². The first-order valence-corrected chi connectivity index (χ1v) is 12.2. The second-order valence-electron chi connectivity index (χ2n) is 8.75. The molecular weight excluding hydrogens is 425 g/mol. The average Bonchev–Trinajstić information content (AvgIpc) is 3.24. The molecule has 0 N–H and O–H groups in total. The van der Waals surface area contributed by atoms with Gasteiger partial charge in [-0.25, -0.2) is 0 Å². The SMILES string of the molecule is Cc1c(CC(C)(C)C)ccc2c1sc1c(-c3cc4ccccc4[se]3)nccc12. The van der Waals surface area contributed by atoms with Crippen LogP contribution in [-0.4, -0.2) is 19.5 Å². The molecule has 0 aliphatic carbocycles. The van der Waals surface area contributed by atoms with Gasteiger partial charge in [-0.3, -0.25) is 0 Å². The quantitative estimate of drug-likeness (QED) is 0.260. The maximum absolute atomic E-state index is 4.84. The van der Waals surface area contributed by atoms with Gasteiger partial charge in [-0.15, -0.1) is 0 Å². The van der Waals surface area contributed by atoms with E-state index >= 15 is 0 Å². The Bertz CT molecular complexity index is 1300. The Labute approximate surface area is 175 Å². The van der Waals surface area contributed by atoms with E-state index in [1.165, 1.54) is 51.1 Å². The van der Waals surface area contributed by atoms with Crippen molar-refractivity contribution in [2.45, 2.75) is 34.1 Å². The monoisotopic (exact) mass is 449 g/mol. The summed E-state index contributed by atoms with van der Waals surface area (Å²) in [6.45, 7) is 9.24. The van der Waals surface area contributed by atoms with Gasteiger partial charge in [0.25, 0.3) is 0 Å². The third kappa shape index (κ3) is 3.03. The van der Waals surface area contributed by atoms with Crippen molar-refractivity contribution in [3.05, 3.63) is 65.9 Å². The van der Waals surface area contributed by atoms with Crippen molar-refractivity contribution >= 4 is 55.7 Å². The maximum atomic E-state index is 4.84. The van der Waals surface area contributed by atoms with Gasteiger partial charge >= 0.3 is 176 Å². The molecule has 0 spiro atoms. The Hall–Kier alpha value is -1.93. The van der Waals surface area contributed by atoms with Gasteiger partial charge in [0.2, 0.25) is 0 Å². The van der Waals surface area contributed by atoms with E-state index in [-0.39, 0.29) is 0 Å². The fraction of sp³-hybridized carbons (Fsp3) is 0.240. The number of hydrogen-bond donors (Lipinski definition) is 0. The van der Waals surface area contributed by atoms with Crippen LogP contribution in [0.25, 0.3) is 39.9 Å². The summed E-state index contributed by atoms with van der Waals surface area (Å²) in [6.07, 6.45) is 3.10. The molecule has 0 unspecified atom stereocenters. The molecule has 5 rings (SSSR count). The summed E-state index contributed by atoms with van der Waals surface area (Å²) in [5.74, 6) is 0. The zero-order valence-electron chi connectivity index (χ0n) is 16.7. The molecule has 0 saturated carbocycles. The summed E-state index contributed by atoms with van der Waals surface area (Å²) in [5.41, 5.74) is 4.39. The first-order valence-electron chi connectivity index (χ1n) is 9.69. The molecule has 0 atom stereocenters. The molecule has 3 heteroatoms. The van der Waals surface area contributed by atoms with Crippen LogP contribution < -0.4 is 0 Å². The molecule has 28 heavy (non-hydrogen) atoms. The van der Waals surface area contributed by atoms with E-state index in [0.29, 0.717) is 19.9 Å². The van der Waals surface area contributed by atoms with Crippen molar-refractivity contribution in [1.29, 1.82) is 0 Å². The molecular formula is C25H23NSSe. The van der Waals surface area contributed by atoms with Crippen molar-refractivity contribution in [3.8, 4) is 10.1 Å². The van der Waals surface area contributed by atoms with Crippen LogP contribution in [0.2, 0.25) is 0 Å². The topological polar surface area (TPSA) is 12.9 Å². The standard InChI is InChI=1S/C25H23NSSe/c1-15-17(14-25(2,3)4)9-10-18-19-11-12-26-22(24(19)27-23(15)18)21-13-16-7-5-6-8-20(16)28-21/h5-13H,14H2,1-4H3. The Balaban J connectivity index is 1.74. The summed E-state index contributed by atoms with van der Waals surface area (Å²) in [5, 5.41) is 4.09. The number of aryl methyl sites for hydroxylation is 1. The molecule has 0 bridgehead atoms. The van der Waals surface area contributed by atoms with E-state index in [1.54, 1.807) is 0 Å². The van der Waals surface area contributed by atoms with Crippen LogP contribution in [0, 0.1) is 12.3 Å². The van der Waals surface area contributed by atoms with Gasteiger partial charge in [-0.2, -0.15) is 0 Å². The summed E-state index contributed by atoms with van der Waals surface area (Å²) < 4.78 is 5.64. The van der Waals surface area contributed by atoms with Crippen molar-refractivity contribution in [1.82, 2.24) is 4.98 Å². The normalized spacial score (nSPS) is 12.4. The zero-order valence-corrected chi connectivity index (χ0v) is 19.2. The number of pyridine rings is 1. The van der Waals surface area contributed by atoms with Crippen molar-refractivity contribution in [2.75, 3.05) is 0 Å². The predicted molar refractivity (Wildman–Crippen MR) is 125 cm³/mol. The molecule has 0 fully saturated rings. The first-order chi connectivity index (χ1) is 13.4. The molecule has 0 saturated heterocycles. The summed E-state index contributed by atoms with van der Waals surface area (Å²) in [6, 6.07) is 18.0. The van der Waals surface area contributed by atoms with Crippen LogP contribution in [0.4, 0.5) is 0 Å². The second kappa shape index (κ2) is 6.56. The van der Waals surface area contributed by atoms with Crippen LogP contribution in [0.5, 0.6) is 0 Å². The van der Waals surface area contributed by atoms with Crippen LogP contribution in [0.3, 0.4) is 0 Å². The third-order valence-corrected chi connectivity index (χ3v) is 9.00. The van der Waals surface area contributed by atoms with Crippen LogP contribution in [0.1, 0.15) is 31.9 Å². The minimum absolute atomic E-state index is 0.296. The summed E-state index contributed by atoms with van der Waals surface area (Å²) in [4.78, 5) is 4.84. The molecule has 140 valence electrons. The molecule has 2 aromatic carbocycles. The molecule has 5 aromatic rings. The van der Waals surface area contributed by atoms with Crippen molar-refractivity contribution < 1.29 is 0 Å². The molecule has 3 heterocycles. The number of fused-ring (bicyclic) bond motifs is 4. The van der Waals surface area contributed by atoms with Gasteiger partial charge < -0.3 is 0 Å². The fourth-order valence-corrected chi connectivity index (χ4v) is 7.68. The number of nitrogens with zero attached hydrogens (tertiary/aromatic N) is 1. The minimum atomic E-state index is 0.296. The molecule has 0 aliphatic rings. The van der Waals surface area contributed by atoms with E-state index in [2.05, 4.69) is 76.2 Å². The van der Waals surface area contributed by atoms with Gasteiger partial charge in [-0.1, -0.05) is 0 Å². The summed E-state index contributed by atoms with van der Waals surface area (Å²) in [7, 11) is 0. The van der Waals surface area contributed by atoms with E-state index in [1.807, 2.05) is 17.5 Å². The van der Waals surface area contributed by atoms with Crippen molar-refractivity contribution in [2.24, 2.45) is 5.41 Å². The number of aromatic nitrogens is 1. The van der Waals surface area contributed by atoms with Gasteiger partial charge in [0.1, 0.15) is 0 Å². The van der Waals surface area contributed by atoms with Crippen LogP contribution >= 0.6 is 11.3 Å². The van der Waals surface area contributed by atoms with E-state index in [4.69, 9.17) is 4.98 Å². The molecule has 0 amide bonds. The third-order valence-electron chi connectivity index (χ3n) is 5.30. The second-order valence-corrected chi connectivity index (χ2v) is 12.0. The Morgan fingerprint density at radius 2 is 1.75 bits per heavy atom. The van der Waals surface area contributed by atoms with E-state index in [0.717, 1.165) is 6.42 Å². The average molecular weight is 448 g/mol. The van der Waals surface area contributed by atoms with Gasteiger partial charge in [0.05, 0.1) is 0 Å². The summed E-state index contributed by atoms with van der Waals surface area (Å²) >= 11 is 2.26. The Kier molecular flexibility index (Phi) is 4.24. The zero-order chi connectivity index (χ0) is 19.5. The van der Waals surface area contributed by atoms with Gasteiger partial charge in [0, 0.05) is 0 Å². The number of rotatable bonds is 2. The molecule has 0 radical (unpaired) electrons. The Morgan fingerprint density at radius 3 is 2.54 bits per heavy atom. The fourth-order valence-electron chi connectivity index (χ4n) is 3.98. The number of hydrogen-bond acceptors (Lipinski definition) is 2. The number of benzene rings is 2. The van der Waals surface area contributed by atoms with Crippen LogP contribution in [-0.2, 0) is 6.42 Å². The molecule has 3 aromatic heterocycles. The number of thiophene rings is 1. The molecule has 1 nitrogen and oxygen atoms in total. The van der Waals surface area contributed by atoms with Crippen molar-refractivity contribution in [3.63, 3.8) is 0 Å².